The van der Waals surface area contributed by atoms with Gasteiger partial charge in [0.25, 0.3) is 0 Å². The van der Waals surface area contributed by atoms with Crippen LogP contribution in [0.4, 0.5) is 0 Å². The molecule has 0 saturated heterocycles. The van der Waals surface area contributed by atoms with Gasteiger partial charge in [0.05, 0.1) is 12.6 Å². The fourth-order valence-corrected chi connectivity index (χ4v) is 2.27. The lowest BCUT2D eigenvalue weighted by molar-refractivity contribution is 0.145. The van der Waals surface area contributed by atoms with Gasteiger partial charge in [-0.05, 0) is 31.7 Å². The molecule has 1 atom stereocenters. The Kier molecular flexibility index (Phi) is 4.61. The van der Waals surface area contributed by atoms with Gasteiger partial charge in [-0.1, -0.05) is 19.1 Å². The number of hydrogen-bond donors (Lipinski definition) is 1. The molecule has 0 radical (unpaired) electrons. The molecule has 0 fully saturated rings. The normalized spacial score (nSPS) is 12.6. The summed E-state index contributed by atoms with van der Waals surface area (Å²) < 4.78 is 1.79. The van der Waals surface area contributed by atoms with E-state index < -0.39 is 0 Å². The van der Waals surface area contributed by atoms with E-state index in [1.165, 1.54) is 4.90 Å². The predicted octanol–water partition coefficient (Wildman–Crippen LogP) is 2.75. The summed E-state index contributed by atoms with van der Waals surface area (Å²) in [7, 11) is 0. The summed E-state index contributed by atoms with van der Waals surface area (Å²) in [6.45, 7) is 4.31. The number of nitrogens with zero attached hydrogens (tertiary/aromatic N) is 3. The smallest absolute Gasteiger partial charge is 0.158 e. The van der Waals surface area contributed by atoms with Crippen LogP contribution in [-0.4, -0.2) is 32.2 Å². The number of rotatable bonds is 5. The summed E-state index contributed by atoms with van der Waals surface area (Å²) in [5.41, 5.74) is 1.03. The van der Waals surface area contributed by atoms with E-state index in [4.69, 9.17) is 0 Å². The average Bonchev–Trinajstić information content (AvgIpc) is 2.79. The number of hydrogen-bond acceptors (Lipinski definition) is 4. The van der Waals surface area contributed by atoms with Gasteiger partial charge < -0.3 is 5.11 Å². The van der Waals surface area contributed by atoms with Gasteiger partial charge in [0.2, 0.25) is 0 Å². The molecular weight excluding hydrogens is 258 g/mol. The van der Waals surface area contributed by atoms with Crippen LogP contribution in [0.5, 0.6) is 0 Å². The van der Waals surface area contributed by atoms with Crippen LogP contribution < -0.4 is 0 Å². The van der Waals surface area contributed by atoms with Crippen LogP contribution in [0.15, 0.2) is 29.2 Å². The van der Waals surface area contributed by atoms with Crippen molar-refractivity contribution < 1.29 is 5.11 Å². The molecule has 102 valence electrons. The second kappa shape index (κ2) is 6.21. The summed E-state index contributed by atoms with van der Waals surface area (Å²) in [5, 5.41) is 14.1. The van der Waals surface area contributed by atoms with Crippen LogP contribution in [0.25, 0.3) is 11.4 Å². The number of aryl methyl sites for hydroxylation is 1. The standard InChI is InChI=1S/C14H19N3OS/c1-4-12(18)9-17-14(15-10(2)16-17)11-5-7-13(19-3)8-6-11/h5-8,12,18H,4,9H2,1-3H3. The molecule has 0 saturated carbocycles. The van der Waals surface area contributed by atoms with E-state index in [-0.39, 0.29) is 6.10 Å². The molecule has 0 amide bonds. The molecule has 0 bridgehead atoms. The summed E-state index contributed by atoms with van der Waals surface area (Å²) in [6.07, 6.45) is 2.38. The van der Waals surface area contributed by atoms with E-state index >= 15 is 0 Å². The van der Waals surface area contributed by atoms with Crippen LogP contribution in [-0.2, 0) is 6.54 Å². The Morgan fingerprint density at radius 2 is 2.00 bits per heavy atom. The van der Waals surface area contributed by atoms with Crippen LogP contribution in [0.1, 0.15) is 19.2 Å². The predicted molar refractivity (Wildman–Crippen MR) is 78.3 cm³/mol. The number of benzene rings is 1. The van der Waals surface area contributed by atoms with Gasteiger partial charge in [-0.25, -0.2) is 9.67 Å². The quantitative estimate of drug-likeness (QED) is 0.854. The zero-order valence-corrected chi connectivity index (χ0v) is 12.3. The summed E-state index contributed by atoms with van der Waals surface area (Å²) >= 11 is 1.71. The highest BCUT2D eigenvalue weighted by atomic mass is 32.2. The van der Waals surface area contributed by atoms with Crippen molar-refractivity contribution in [1.82, 2.24) is 14.8 Å². The Bertz CT molecular complexity index is 536. The van der Waals surface area contributed by atoms with Gasteiger partial charge in [0.15, 0.2) is 5.82 Å². The Morgan fingerprint density at radius 3 is 2.58 bits per heavy atom. The highest BCUT2D eigenvalue weighted by Crippen LogP contribution is 2.22. The average molecular weight is 277 g/mol. The molecule has 0 aliphatic rings. The van der Waals surface area contributed by atoms with Gasteiger partial charge in [-0.2, -0.15) is 5.10 Å². The van der Waals surface area contributed by atoms with Crippen molar-refractivity contribution in [3.63, 3.8) is 0 Å². The maximum absolute atomic E-state index is 9.78. The highest BCUT2D eigenvalue weighted by Gasteiger charge is 2.12. The Morgan fingerprint density at radius 1 is 1.32 bits per heavy atom. The second-order valence-electron chi connectivity index (χ2n) is 4.46. The van der Waals surface area contributed by atoms with E-state index in [0.717, 1.165) is 17.2 Å². The van der Waals surface area contributed by atoms with Gasteiger partial charge >= 0.3 is 0 Å². The lowest BCUT2D eigenvalue weighted by Crippen LogP contribution is -2.16. The van der Waals surface area contributed by atoms with Crippen molar-refractivity contribution in [3.8, 4) is 11.4 Å². The summed E-state index contributed by atoms with van der Waals surface area (Å²) in [6, 6.07) is 8.24. The van der Waals surface area contributed by atoms with Crippen molar-refractivity contribution in [2.45, 2.75) is 37.8 Å². The molecule has 1 N–H and O–H groups in total. The van der Waals surface area contributed by atoms with Crippen molar-refractivity contribution in [2.75, 3.05) is 6.26 Å². The first-order valence-electron chi connectivity index (χ1n) is 6.38. The van der Waals surface area contributed by atoms with Crippen molar-refractivity contribution in [2.24, 2.45) is 0 Å². The van der Waals surface area contributed by atoms with Crippen LogP contribution >= 0.6 is 11.8 Å². The zero-order chi connectivity index (χ0) is 13.8. The second-order valence-corrected chi connectivity index (χ2v) is 5.33. The minimum absolute atomic E-state index is 0.384. The SMILES string of the molecule is CCC(O)Cn1nc(C)nc1-c1ccc(SC)cc1. The molecule has 1 unspecified atom stereocenters. The Balaban J connectivity index is 2.32. The van der Waals surface area contributed by atoms with Crippen LogP contribution in [0, 0.1) is 6.92 Å². The van der Waals surface area contributed by atoms with Crippen LogP contribution in [0.2, 0.25) is 0 Å². The molecule has 0 spiro atoms. The minimum atomic E-state index is -0.384. The van der Waals surface area contributed by atoms with Gasteiger partial charge in [-0.15, -0.1) is 11.8 Å². The highest BCUT2D eigenvalue weighted by molar-refractivity contribution is 7.98. The molecule has 2 rings (SSSR count). The lowest BCUT2D eigenvalue weighted by Gasteiger charge is -2.10. The van der Waals surface area contributed by atoms with Crippen molar-refractivity contribution in [3.05, 3.63) is 30.1 Å². The first-order chi connectivity index (χ1) is 9.13. The monoisotopic (exact) mass is 277 g/mol. The number of aliphatic hydroxyl groups is 1. The number of thioether (sulfide) groups is 1. The summed E-state index contributed by atoms with van der Waals surface area (Å²) in [5.74, 6) is 1.55. The number of aromatic nitrogens is 3. The molecule has 4 nitrogen and oxygen atoms in total. The third-order valence-electron chi connectivity index (χ3n) is 2.98. The molecule has 1 heterocycles. The van der Waals surface area contributed by atoms with E-state index in [1.54, 1.807) is 16.4 Å². The Hall–Kier alpha value is -1.33. The van der Waals surface area contributed by atoms with Crippen molar-refractivity contribution >= 4 is 11.8 Å². The first-order valence-corrected chi connectivity index (χ1v) is 7.60. The first kappa shape index (κ1) is 14.1. The third-order valence-corrected chi connectivity index (χ3v) is 3.72. The van der Waals surface area contributed by atoms with Crippen LogP contribution in [0.3, 0.4) is 0 Å². The van der Waals surface area contributed by atoms with E-state index in [2.05, 4.69) is 28.5 Å². The van der Waals surface area contributed by atoms with Gasteiger partial charge in [0.1, 0.15) is 5.82 Å². The molecule has 5 heteroatoms. The Labute approximate surface area is 117 Å². The minimum Gasteiger partial charge on any atom is -0.391 e. The lowest BCUT2D eigenvalue weighted by atomic mass is 10.2. The fourth-order valence-electron chi connectivity index (χ4n) is 1.87. The molecule has 0 aliphatic carbocycles. The van der Waals surface area contributed by atoms with E-state index in [9.17, 15) is 5.11 Å². The molecule has 1 aromatic carbocycles. The van der Waals surface area contributed by atoms with E-state index in [1.807, 2.05) is 26.0 Å². The molecule has 1 aromatic heterocycles. The molecule has 19 heavy (non-hydrogen) atoms. The third kappa shape index (κ3) is 3.36. The maximum Gasteiger partial charge on any atom is 0.158 e. The molecule has 2 aromatic rings. The maximum atomic E-state index is 9.78. The van der Waals surface area contributed by atoms with Gasteiger partial charge in [-0.3, -0.25) is 0 Å². The van der Waals surface area contributed by atoms with Gasteiger partial charge in [0, 0.05) is 10.5 Å². The zero-order valence-electron chi connectivity index (χ0n) is 11.5. The number of aliphatic hydroxyl groups excluding tert-OH is 1. The van der Waals surface area contributed by atoms with Crippen molar-refractivity contribution in [1.29, 1.82) is 0 Å². The topological polar surface area (TPSA) is 50.9 Å². The molecular formula is C14H19N3OS. The fraction of sp³-hybridized carbons (Fsp3) is 0.429. The van der Waals surface area contributed by atoms with E-state index in [0.29, 0.717) is 13.0 Å². The summed E-state index contributed by atoms with van der Waals surface area (Å²) in [4.78, 5) is 5.68. The molecule has 0 aliphatic heterocycles. The largest absolute Gasteiger partial charge is 0.391 e.